The van der Waals surface area contributed by atoms with E-state index in [0.29, 0.717) is 35.4 Å². The molecule has 0 saturated heterocycles. The van der Waals surface area contributed by atoms with Crippen LogP contribution in [0.5, 0.6) is 0 Å². The predicted octanol–water partition coefficient (Wildman–Crippen LogP) is 2.78. The van der Waals surface area contributed by atoms with E-state index in [0.717, 1.165) is 5.69 Å². The van der Waals surface area contributed by atoms with Crippen molar-refractivity contribution < 1.29 is 21.9 Å². The van der Waals surface area contributed by atoms with Gasteiger partial charge in [0.2, 0.25) is 0 Å². The van der Waals surface area contributed by atoms with Crippen LogP contribution in [-0.2, 0) is 13.0 Å². The number of H-pyrrole nitrogens is 1. The Kier molecular flexibility index (Phi) is 5.06. The maximum absolute atomic E-state index is 13.0. The SMILES string of the molecule is O=C(NCCC(F)(F)F)c1n[nH]c2c1CN(c1ncnc3c1ccn3SF)CC2. The van der Waals surface area contributed by atoms with Gasteiger partial charge in [-0.25, -0.2) is 13.9 Å². The molecule has 0 aromatic carbocycles. The summed E-state index contributed by atoms with van der Waals surface area (Å²) in [6.45, 7) is 0.340. The van der Waals surface area contributed by atoms with Gasteiger partial charge in [-0.3, -0.25) is 9.89 Å². The normalized spacial score (nSPS) is 14.3. The molecule has 13 heteroatoms. The first-order valence-electron chi connectivity index (χ1n) is 8.64. The molecule has 4 heterocycles. The highest BCUT2D eigenvalue weighted by Crippen LogP contribution is 2.30. The fraction of sp³-hybridized carbons (Fsp3) is 0.375. The van der Waals surface area contributed by atoms with Crippen LogP contribution in [0.15, 0.2) is 18.6 Å². The van der Waals surface area contributed by atoms with E-state index in [1.807, 2.05) is 4.90 Å². The van der Waals surface area contributed by atoms with Gasteiger partial charge in [0.1, 0.15) is 12.1 Å². The highest BCUT2D eigenvalue weighted by atomic mass is 32.2. The molecule has 0 aliphatic carbocycles. The maximum Gasteiger partial charge on any atom is 0.390 e. The van der Waals surface area contributed by atoms with Crippen LogP contribution in [0.4, 0.5) is 22.9 Å². The van der Waals surface area contributed by atoms with Crippen molar-refractivity contribution in [3.8, 4) is 0 Å². The quantitative estimate of drug-likeness (QED) is 0.606. The van der Waals surface area contributed by atoms with Gasteiger partial charge in [-0.05, 0) is 6.07 Å². The van der Waals surface area contributed by atoms with E-state index < -0.39 is 25.0 Å². The Morgan fingerprint density at radius 2 is 2.17 bits per heavy atom. The fourth-order valence-electron chi connectivity index (χ4n) is 3.29. The lowest BCUT2D eigenvalue weighted by Crippen LogP contribution is -2.33. The fourth-order valence-corrected chi connectivity index (χ4v) is 3.61. The van der Waals surface area contributed by atoms with Crippen LogP contribution in [-0.4, -0.2) is 49.3 Å². The van der Waals surface area contributed by atoms with Crippen molar-refractivity contribution in [3.05, 3.63) is 35.5 Å². The van der Waals surface area contributed by atoms with Crippen LogP contribution in [0.1, 0.15) is 28.2 Å². The third-order valence-corrected chi connectivity index (χ3v) is 5.09. The number of rotatable bonds is 5. The number of anilines is 1. The van der Waals surface area contributed by atoms with Crippen LogP contribution in [0.2, 0.25) is 0 Å². The van der Waals surface area contributed by atoms with Gasteiger partial charge in [0, 0.05) is 43.5 Å². The average molecular weight is 429 g/mol. The molecule has 0 spiro atoms. The Bertz CT molecular complexity index is 1050. The molecule has 0 unspecified atom stereocenters. The van der Waals surface area contributed by atoms with Gasteiger partial charge in [0.05, 0.1) is 11.8 Å². The van der Waals surface area contributed by atoms with Gasteiger partial charge in [0.15, 0.2) is 23.7 Å². The largest absolute Gasteiger partial charge is 0.390 e. The Labute approximate surface area is 166 Å². The van der Waals surface area contributed by atoms with Gasteiger partial charge >= 0.3 is 6.18 Å². The van der Waals surface area contributed by atoms with Crippen LogP contribution in [0.3, 0.4) is 0 Å². The number of carbonyl (C=O) groups is 1. The molecule has 8 nitrogen and oxygen atoms in total. The molecule has 0 radical (unpaired) electrons. The van der Waals surface area contributed by atoms with Crippen LogP contribution < -0.4 is 10.2 Å². The Morgan fingerprint density at radius 3 is 2.93 bits per heavy atom. The third-order valence-electron chi connectivity index (χ3n) is 4.64. The minimum absolute atomic E-state index is 0.0257. The summed E-state index contributed by atoms with van der Waals surface area (Å²) in [6, 6.07) is 1.70. The van der Waals surface area contributed by atoms with Crippen molar-refractivity contribution in [2.24, 2.45) is 0 Å². The van der Waals surface area contributed by atoms with E-state index in [1.165, 1.54) is 10.3 Å². The number of amides is 1. The molecule has 154 valence electrons. The van der Waals surface area contributed by atoms with Gasteiger partial charge < -0.3 is 10.2 Å². The minimum atomic E-state index is -4.35. The van der Waals surface area contributed by atoms with Crippen molar-refractivity contribution in [2.45, 2.75) is 25.6 Å². The molecule has 0 fully saturated rings. The maximum atomic E-state index is 13.0. The van der Waals surface area contributed by atoms with Crippen molar-refractivity contribution in [1.82, 2.24) is 29.5 Å². The lowest BCUT2D eigenvalue weighted by Gasteiger charge is -2.28. The molecular formula is C16H15F4N7OS. The van der Waals surface area contributed by atoms with Gasteiger partial charge in [-0.15, -0.1) is 3.89 Å². The Morgan fingerprint density at radius 1 is 1.34 bits per heavy atom. The van der Waals surface area contributed by atoms with Crippen LogP contribution in [0, 0.1) is 0 Å². The number of nitrogens with zero attached hydrogens (tertiary/aromatic N) is 5. The van der Waals surface area contributed by atoms with E-state index in [1.54, 1.807) is 12.3 Å². The molecule has 0 bridgehead atoms. The molecular weight excluding hydrogens is 414 g/mol. The number of aromatic amines is 1. The number of carbonyl (C=O) groups excluding carboxylic acids is 1. The summed E-state index contributed by atoms with van der Waals surface area (Å²) in [5.41, 5.74) is 1.84. The highest BCUT2D eigenvalue weighted by Gasteiger charge is 2.29. The molecule has 3 aromatic rings. The lowest BCUT2D eigenvalue weighted by molar-refractivity contribution is -0.132. The van der Waals surface area contributed by atoms with Crippen LogP contribution >= 0.6 is 12.3 Å². The molecule has 1 amide bonds. The molecule has 0 saturated carbocycles. The Balaban J connectivity index is 1.55. The molecule has 29 heavy (non-hydrogen) atoms. The summed E-state index contributed by atoms with van der Waals surface area (Å²) >= 11 is 0.0257. The van der Waals surface area contributed by atoms with E-state index in [2.05, 4.69) is 25.5 Å². The number of fused-ring (bicyclic) bond motifs is 2. The van der Waals surface area contributed by atoms with Gasteiger partial charge in [-0.1, -0.05) is 0 Å². The second-order valence-corrected chi connectivity index (χ2v) is 7.00. The van der Waals surface area contributed by atoms with E-state index in [-0.39, 0.29) is 24.6 Å². The monoisotopic (exact) mass is 429 g/mol. The van der Waals surface area contributed by atoms with Crippen molar-refractivity contribution in [1.29, 1.82) is 0 Å². The van der Waals surface area contributed by atoms with E-state index in [9.17, 15) is 21.9 Å². The first-order chi connectivity index (χ1) is 13.9. The molecule has 3 aromatic heterocycles. The molecule has 2 N–H and O–H groups in total. The third kappa shape index (κ3) is 3.86. The van der Waals surface area contributed by atoms with Gasteiger partial charge in [-0.2, -0.15) is 18.3 Å². The number of nitrogens with one attached hydrogen (secondary N) is 2. The zero-order chi connectivity index (χ0) is 20.6. The highest BCUT2D eigenvalue weighted by molar-refractivity contribution is 7.92. The average Bonchev–Trinajstić information content (AvgIpc) is 3.30. The first kappa shape index (κ1) is 19.5. The predicted molar refractivity (Wildman–Crippen MR) is 98.0 cm³/mol. The summed E-state index contributed by atoms with van der Waals surface area (Å²) in [4.78, 5) is 22.6. The van der Waals surface area contributed by atoms with Crippen LogP contribution in [0.25, 0.3) is 11.0 Å². The van der Waals surface area contributed by atoms with Crippen molar-refractivity contribution in [3.63, 3.8) is 0 Å². The smallest absolute Gasteiger partial charge is 0.351 e. The number of halogens is 4. The second kappa shape index (κ2) is 7.54. The van der Waals surface area contributed by atoms with Crippen molar-refractivity contribution >= 4 is 35.1 Å². The minimum Gasteiger partial charge on any atom is -0.351 e. The van der Waals surface area contributed by atoms with Crippen molar-refractivity contribution in [2.75, 3.05) is 18.0 Å². The van der Waals surface area contributed by atoms with Gasteiger partial charge in [0.25, 0.3) is 5.91 Å². The number of hydrogen-bond acceptors (Lipinski definition) is 6. The number of aromatic nitrogens is 5. The van der Waals surface area contributed by atoms with E-state index in [4.69, 9.17) is 0 Å². The summed E-state index contributed by atoms with van der Waals surface area (Å²) in [5.74, 6) is -0.0838. The zero-order valence-corrected chi connectivity index (χ0v) is 15.6. The molecule has 0 atom stereocenters. The Hall–Kier alpha value is -2.83. The topological polar surface area (TPSA) is 91.7 Å². The summed E-state index contributed by atoms with van der Waals surface area (Å²) in [6.07, 6.45) is -2.04. The lowest BCUT2D eigenvalue weighted by atomic mass is 10.0. The molecule has 1 aliphatic heterocycles. The zero-order valence-electron chi connectivity index (χ0n) is 14.8. The summed E-state index contributed by atoms with van der Waals surface area (Å²) < 4.78 is 51.2. The standard InChI is InChI=1S/C16H15F4N7OS/c17-16(18,19)3-4-21-15(28)12-10-7-26(5-2-11(10)24-25-12)13-9-1-6-27(29-20)14(9)23-8-22-13/h1,6,8H,2-5,7H2,(H,21,28)(H,24,25). The number of alkyl halides is 3. The second-order valence-electron chi connectivity index (χ2n) is 6.47. The first-order valence-corrected chi connectivity index (χ1v) is 9.32. The number of hydrogen-bond donors (Lipinski definition) is 2. The summed E-state index contributed by atoms with van der Waals surface area (Å²) in [7, 11) is 0. The molecule has 4 rings (SSSR count). The van der Waals surface area contributed by atoms with E-state index >= 15 is 0 Å². The summed E-state index contributed by atoms with van der Waals surface area (Å²) in [5, 5.41) is 9.68. The molecule has 1 aliphatic rings.